The Morgan fingerprint density at radius 2 is 1.04 bits per heavy atom. The molecule has 7 rings (SSSR count). The van der Waals surface area contributed by atoms with Crippen molar-refractivity contribution in [2.24, 2.45) is 0 Å². The van der Waals surface area contributed by atoms with Crippen molar-refractivity contribution in [3.8, 4) is 11.5 Å². The number of esters is 1. The van der Waals surface area contributed by atoms with E-state index in [1.54, 1.807) is 14.2 Å². The molecule has 5 aromatic carbocycles. The maximum absolute atomic E-state index is 14.2. The van der Waals surface area contributed by atoms with Gasteiger partial charge in [-0.2, -0.15) is 0 Å². The quantitative estimate of drug-likeness (QED) is 0.127. The maximum Gasteiger partial charge on any atom is 0.340 e. The Hall–Kier alpha value is -5.95. The van der Waals surface area contributed by atoms with E-state index >= 15 is 0 Å². The van der Waals surface area contributed by atoms with Crippen LogP contribution < -0.4 is 24.2 Å². The van der Waals surface area contributed by atoms with E-state index in [1.165, 1.54) is 0 Å². The zero-order chi connectivity index (χ0) is 37.1. The second kappa shape index (κ2) is 15.0. The fourth-order valence-corrected chi connectivity index (χ4v) is 7.25. The van der Waals surface area contributed by atoms with Gasteiger partial charge in [-0.25, -0.2) is 4.79 Å². The lowest BCUT2D eigenvalue weighted by atomic mass is 9.83. The number of hydrogen-bond donors (Lipinski definition) is 0. The third-order valence-electron chi connectivity index (χ3n) is 10.3. The van der Waals surface area contributed by atoms with E-state index in [9.17, 15) is 4.79 Å². The van der Waals surface area contributed by atoms with Crippen molar-refractivity contribution in [2.45, 2.75) is 18.4 Å². The number of ether oxygens (including phenoxy) is 3. The van der Waals surface area contributed by atoms with Gasteiger partial charge in [0.15, 0.2) is 5.60 Å². The topological polar surface area (TPSA) is 54.5 Å². The number of benzene rings is 5. The lowest BCUT2D eigenvalue weighted by Gasteiger charge is -2.27. The van der Waals surface area contributed by atoms with Crippen LogP contribution in [-0.2, 0) is 10.3 Å². The maximum atomic E-state index is 14.2. The smallest absolute Gasteiger partial charge is 0.340 e. The van der Waals surface area contributed by atoms with Crippen molar-refractivity contribution in [3.05, 3.63) is 161 Å². The highest BCUT2D eigenvalue weighted by atomic mass is 16.6. The molecule has 0 bridgehead atoms. The fourth-order valence-electron chi connectivity index (χ4n) is 7.25. The number of carbonyl (C=O) groups excluding carboxylic acids is 1. The average molecular weight is 706 g/mol. The van der Waals surface area contributed by atoms with Gasteiger partial charge >= 0.3 is 5.97 Å². The number of carbonyl (C=O) groups is 1. The van der Waals surface area contributed by atoms with E-state index in [0.29, 0.717) is 5.56 Å². The largest absolute Gasteiger partial charge is 0.497 e. The van der Waals surface area contributed by atoms with Gasteiger partial charge in [-0.15, -0.1) is 0 Å². The highest BCUT2D eigenvalue weighted by Gasteiger charge is 2.44. The SMILES string of the molecule is COc1ccc(/C(=C/C2(/C=C(/c3ccc(OC)cc3)c3ccc(N(C)C)cc3)OC(=O)c3cc(N4CCCC4)ccc32)c2ccc(N(C)C)cc2)cc1. The molecule has 0 spiro atoms. The van der Waals surface area contributed by atoms with Gasteiger partial charge in [-0.3, -0.25) is 0 Å². The molecule has 53 heavy (non-hydrogen) atoms. The van der Waals surface area contributed by atoms with Crippen molar-refractivity contribution in [3.63, 3.8) is 0 Å². The molecule has 0 aliphatic carbocycles. The summed E-state index contributed by atoms with van der Waals surface area (Å²) in [5, 5.41) is 0. The van der Waals surface area contributed by atoms with E-state index in [-0.39, 0.29) is 5.97 Å². The van der Waals surface area contributed by atoms with Gasteiger partial charge in [0.2, 0.25) is 0 Å². The molecule has 0 radical (unpaired) electrons. The first-order chi connectivity index (χ1) is 25.7. The molecule has 7 nitrogen and oxygen atoms in total. The summed E-state index contributed by atoms with van der Waals surface area (Å²) in [4.78, 5) is 20.7. The number of rotatable bonds is 11. The van der Waals surface area contributed by atoms with Crippen LogP contribution >= 0.6 is 0 Å². The minimum Gasteiger partial charge on any atom is -0.497 e. The number of fused-ring (bicyclic) bond motifs is 1. The van der Waals surface area contributed by atoms with Crippen LogP contribution in [0.3, 0.4) is 0 Å². The van der Waals surface area contributed by atoms with Crippen LogP contribution in [0.15, 0.2) is 127 Å². The zero-order valence-electron chi connectivity index (χ0n) is 31.4. The number of cyclic esters (lactones) is 1. The van der Waals surface area contributed by atoms with Gasteiger partial charge in [0, 0.05) is 63.9 Å². The van der Waals surface area contributed by atoms with E-state index in [4.69, 9.17) is 14.2 Å². The highest BCUT2D eigenvalue weighted by molar-refractivity contribution is 5.98. The molecule has 0 amide bonds. The van der Waals surface area contributed by atoms with Crippen LogP contribution in [0.4, 0.5) is 17.1 Å². The minimum absolute atomic E-state index is 0.345. The summed E-state index contributed by atoms with van der Waals surface area (Å²) in [6, 6.07) is 39.3. The van der Waals surface area contributed by atoms with Gasteiger partial charge in [-0.05, 0) is 119 Å². The first-order valence-electron chi connectivity index (χ1n) is 18.1. The molecule has 0 atom stereocenters. The van der Waals surface area contributed by atoms with Crippen molar-refractivity contribution < 1.29 is 19.0 Å². The van der Waals surface area contributed by atoms with Crippen molar-refractivity contribution in [1.29, 1.82) is 0 Å². The van der Waals surface area contributed by atoms with E-state index < -0.39 is 5.60 Å². The first-order valence-corrected chi connectivity index (χ1v) is 18.1. The number of anilines is 3. The summed E-state index contributed by atoms with van der Waals surface area (Å²) in [6.45, 7) is 1.96. The predicted molar refractivity (Wildman–Crippen MR) is 217 cm³/mol. The lowest BCUT2D eigenvalue weighted by molar-refractivity contribution is 0.0299. The molecule has 2 heterocycles. The average Bonchev–Trinajstić information content (AvgIpc) is 3.83. The molecule has 0 saturated carbocycles. The molecule has 0 unspecified atom stereocenters. The summed E-state index contributed by atoms with van der Waals surface area (Å²) >= 11 is 0. The standard InChI is InChI=1S/C46H47N3O4/c1-47(2)36-17-9-32(10-18-36)42(34-13-22-39(51-5)23-14-34)30-46(44-26-21-38(49-27-7-8-28-49)29-41(44)45(50)53-46)31-43(35-15-24-40(52-6)25-16-35)33-11-19-37(20-12-33)48(3)4/h9-26,29-31H,7-8,27-28H2,1-6H3/b42-30+,43-31+. The molecule has 0 N–H and O–H groups in total. The molecule has 0 aromatic heterocycles. The molecule has 2 aliphatic heterocycles. The lowest BCUT2D eigenvalue weighted by Crippen LogP contribution is -2.23. The summed E-state index contributed by atoms with van der Waals surface area (Å²) in [5.74, 6) is 1.18. The Balaban J connectivity index is 1.51. The van der Waals surface area contributed by atoms with Crippen LogP contribution in [0.1, 0.15) is 51.0 Å². The van der Waals surface area contributed by atoms with Crippen LogP contribution in [0.25, 0.3) is 11.1 Å². The van der Waals surface area contributed by atoms with Crippen LogP contribution in [0.5, 0.6) is 11.5 Å². The van der Waals surface area contributed by atoms with Gasteiger partial charge in [0.1, 0.15) is 11.5 Å². The van der Waals surface area contributed by atoms with Crippen LogP contribution in [0.2, 0.25) is 0 Å². The van der Waals surface area contributed by atoms with Crippen molar-refractivity contribution in [2.75, 3.05) is 70.2 Å². The molecule has 7 heteroatoms. The Labute approximate surface area is 313 Å². The molecular formula is C46H47N3O4. The second-order valence-corrected chi connectivity index (χ2v) is 14.1. The van der Waals surface area contributed by atoms with E-state index in [1.807, 2.05) is 58.5 Å². The summed E-state index contributed by atoms with van der Waals surface area (Å²) in [7, 11) is 11.5. The zero-order valence-corrected chi connectivity index (χ0v) is 31.4. The van der Waals surface area contributed by atoms with Crippen molar-refractivity contribution in [1.82, 2.24) is 0 Å². The van der Waals surface area contributed by atoms with Crippen molar-refractivity contribution >= 4 is 34.2 Å². The molecule has 5 aromatic rings. The third-order valence-corrected chi connectivity index (χ3v) is 10.3. The Bertz CT molecular complexity index is 2010. The number of methoxy groups -OCH3 is 2. The Kier molecular flexibility index (Phi) is 10.0. The highest BCUT2D eigenvalue weighted by Crippen LogP contribution is 2.46. The summed E-state index contributed by atoms with van der Waals surface area (Å²) in [5.41, 5.74) is 9.12. The van der Waals surface area contributed by atoms with Crippen LogP contribution in [0, 0.1) is 0 Å². The fraction of sp³-hybridized carbons (Fsp3) is 0.239. The van der Waals surface area contributed by atoms with Gasteiger partial charge in [-0.1, -0.05) is 54.6 Å². The van der Waals surface area contributed by atoms with E-state index in [2.05, 4.69) is 112 Å². The Morgan fingerprint density at radius 1 is 0.623 bits per heavy atom. The second-order valence-electron chi connectivity index (χ2n) is 14.1. The first kappa shape index (κ1) is 35.5. The Morgan fingerprint density at radius 3 is 1.43 bits per heavy atom. The number of hydrogen-bond acceptors (Lipinski definition) is 7. The van der Waals surface area contributed by atoms with Gasteiger partial charge in [0.25, 0.3) is 0 Å². The molecule has 1 saturated heterocycles. The number of nitrogens with zero attached hydrogens (tertiary/aromatic N) is 3. The normalized spacial score (nSPS) is 15.2. The minimum atomic E-state index is -1.26. The van der Waals surface area contributed by atoms with Gasteiger partial charge < -0.3 is 28.9 Å². The van der Waals surface area contributed by atoms with Crippen LogP contribution in [-0.4, -0.2) is 61.5 Å². The molecule has 1 fully saturated rings. The van der Waals surface area contributed by atoms with Gasteiger partial charge in [0.05, 0.1) is 19.8 Å². The molecule has 270 valence electrons. The summed E-state index contributed by atoms with van der Waals surface area (Å²) < 4.78 is 17.8. The molecular weight excluding hydrogens is 659 g/mol. The molecule has 2 aliphatic rings. The summed E-state index contributed by atoms with van der Waals surface area (Å²) in [6.07, 6.45) is 6.53. The predicted octanol–water partition coefficient (Wildman–Crippen LogP) is 9.07. The van der Waals surface area contributed by atoms with E-state index in [0.717, 1.165) is 93.5 Å². The monoisotopic (exact) mass is 705 g/mol. The third kappa shape index (κ3) is 7.25.